The van der Waals surface area contributed by atoms with Gasteiger partial charge in [-0.1, -0.05) is 24.3 Å². The summed E-state index contributed by atoms with van der Waals surface area (Å²) >= 11 is 0. The third-order valence-corrected chi connectivity index (χ3v) is 4.02. The molecule has 4 nitrogen and oxygen atoms in total. The molecular formula is C16H20N4. The van der Waals surface area contributed by atoms with Gasteiger partial charge in [-0.2, -0.15) is 9.97 Å². The van der Waals surface area contributed by atoms with Gasteiger partial charge in [0.15, 0.2) is 0 Å². The molecule has 1 aliphatic carbocycles. The Morgan fingerprint density at radius 1 is 1.20 bits per heavy atom. The van der Waals surface area contributed by atoms with Gasteiger partial charge in [0, 0.05) is 6.42 Å². The van der Waals surface area contributed by atoms with E-state index < -0.39 is 0 Å². The molecule has 1 atom stereocenters. The number of hydrogen-bond acceptors (Lipinski definition) is 4. The molecule has 1 aliphatic rings. The summed E-state index contributed by atoms with van der Waals surface area (Å²) in [6, 6.07) is 8.81. The second-order valence-electron chi connectivity index (χ2n) is 5.48. The molecule has 0 aliphatic heterocycles. The average molecular weight is 268 g/mol. The summed E-state index contributed by atoms with van der Waals surface area (Å²) in [6.07, 6.45) is 5.67. The molecule has 104 valence electrons. The minimum Gasteiger partial charge on any atom is -0.368 e. The van der Waals surface area contributed by atoms with Crippen LogP contribution in [-0.4, -0.2) is 15.0 Å². The number of nitrogens with zero attached hydrogens (tertiary/aromatic N) is 3. The topological polar surface area (TPSA) is 64.7 Å². The van der Waals surface area contributed by atoms with Crippen molar-refractivity contribution in [3.63, 3.8) is 0 Å². The van der Waals surface area contributed by atoms with Gasteiger partial charge in [-0.3, -0.25) is 0 Å². The molecule has 1 heterocycles. The zero-order valence-corrected chi connectivity index (χ0v) is 11.8. The summed E-state index contributed by atoms with van der Waals surface area (Å²) in [7, 11) is 0. The van der Waals surface area contributed by atoms with E-state index >= 15 is 0 Å². The van der Waals surface area contributed by atoms with Crippen molar-refractivity contribution in [3.8, 4) is 0 Å². The number of benzene rings is 1. The van der Waals surface area contributed by atoms with Crippen molar-refractivity contribution in [1.29, 1.82) is 0 Å². The van der Waals surface area contributed by atoms with E-state index in [1.807, 2.05) is 6.92 Å². The summed E-state index contributed by atoms with van der Waals surface area (Å²) in [5.41, 5.74) is 8.72. The van der Waals surface area contributed by atoms with Crippen molar-refractivity contribution in [2.75, 3.05) is 5.73 Å². The highest BCUT2D eigenvalue weighted by atomic mass is 15.1. The first-order chi connectivity index (χ1) is 9.72. The summed E-state index contributed by atoms with van der Waals surface area (Å²) in [4.78, 5) is 12.5. The lowest BCUT2D eigenvalue weighted by molar-refractivity contribution is 0.578. The van der Waals surface area contributed by atoms with Gasteiger partial charge < -0.3 is 5.73 Å². The van der Waals surface area contributed by atoms with Crippen LogP contribution in [0.15, 0.2) is 24.3 Å². The van der Waals surface area contributed by atoms with Crippen LogP contribution in [0.3, 0.4) is 0 Å². The highest BCUT2D eigenvalue weighted by molar-refractivity contribution is 5.34. The monoisotopic (exact) mass is 268 g/mol. The fourth-order valence-electron chi connectivity index (χ4n) is 3.12. The highest BCUT2D eigenvalue weighted by Crippen LogP contribution is 2.36. The quantitative estimate of drug-likeness (QED) is 0.926. The van der Waals surface area contributed by atoms with Crippen LogP contribution in [0.4, 0.5) is 5.95 Å². The molecule has 0 saturated heterocycles. The minimum absolute atomic E-state index is 0.332. The maximum absolute atomic E-state index is 5.65. The van der Waals surface area contributed by atoms with Gasteiger partial charge in [-0.25, -0.2) is 4.98 Å². The Labute approximate surface area is 119 Å². The van der Waals surface area contributed by atoms with E-state index in [0.717, 1.165) is 18.7 Å². The molecule has 0 bridgehead atoms. The van der Waals surface area contributed by atoms with Crippen molar-refractivity contribution in [2.24, 2.45) is 0 Å². The predicted molar refractivity (Wildman–Crippen MR) is 79.4 cm³/mol. The van der Waals surface area contributed by atoms with Crippen molar-refractivity contribution < 1.29 is 0 Å². The smallest absolute Gasteiger partial charge is 0.223 e. The van der Waals surface area contributed by atoms with E-state index in [-0.39, 0.29) is 0 Å². The SMILES string of the molecule is Cc1nc(N)nc(CCC[C@@H]2CCc3ccccc32)n1. The van der Waals surface area contributed by atoms with Crippen LogP contribution < -0.4 is 5.73 Å². The summed E-state index contributed by atoms with van der Waals surface area (Å²) < 4.78 is 0. The molecule has 2 N–H and O–H groups in total. The van der Waals surface area contributed by atoms with Crippen LogP contribution >= 0.6 is 0 Å². The molecule has 1 aromatic carbocycles. The van der Waals surface area contributed by atoms with Gasteiger partial charge in [0.25, 0.3) is 0 Å². The number of rotatable bonds is 4. The zero-order valence-electron chi connectivity index (χ0n) is 11.8. The predicted octanol–water partition coefficient (Wildman–Crippen LogP) is 2.81. The van der Waals surface area contributed by atoms with Crippen LogP contribution in [0.25, 0.3) is 0 Å². The highest BCUT2D eigenvalue weighted by Gasteiger charge is 2.21. The fourth-order valence-corrected chi connectivity index (χ4v) is 3.12. The number of aryl methyl sites for hydroxylation is 3. The van der Waals surface area contributed by atoms with Crippen molar-refractivity contribution >= 4 is 5.95 Å². The molecule has 20 heavy (non-hydrogen) atoms. The van der Waals surface area contributed by atoms with Crippen molar-refractivity contribution in [2.45, 2.75) is 44.9 Å². The number of aromatic nitrogens is 3. The van der Waals surface area contributed by atoms with Crippen molar-refractivity contribution in [1.82, 2.24) is 15.0 Å². The normalized spacial score (nSPS) is 17.1. The second-order valence-corrected chi connectivity index (χ2v) is 5.48. The van der Waals surface area contributed by atoms with E-state index in [1.165, 1.54) is 24.8 Å². The Kier molecular flexibility index (Phi) is 3.63. The average Bonchev–Trinajstić information content (AvgIpc) is 2.81. The van der Waals surface area contributed by atoms with E-state index in [4.69, 9.17) is 5.73 Å². The van der Waals surface area contributed by atoms with E-state index in [1.54, 1.807) is 5.56 Å². The number of anilines is 1. The van der Waals surface area contributed by atoms with E-state index in [2.05, 4.69) is 39.2 Å². The number of hydrogen-bond donors (Lipinski definition) is 1. The number of nitrogens with two attached hydrogens (primary N) is 1. The number of fused-ring (bicyclic) bond motifs is 1. The Balaban J connectivity index is 1.59. The second kappa shape index (κ2) is 5.57. The lowest BCUT2D eigenvalue weighted by atomic mass is 9.95. The van der Waals surface area contributed by atoms with Gasteiger partial charge in [-0.05, 0) is 49.7 Å². The molecule has 0 amide bonds. The van der Waals surface area contributed by atoms with Gasteiger partial charge >= 0.3 is 0 Å². The van der Waals surface area contributed by atoms with Gasteiger partial charge in [0.05, 0.1) is 0 Å². The largest absolute Gasteiger partial charge is 0.368 e. The van der Waals surface area contributed by atoms with Crippen molar-refractivity contribution in [3.05, 3.63) is 47.0 Å². The lowest BCUT2D eigenvalue weighted by Crippen LogP contribution is -2.05. The number of nitrogen functional groups attached to an aromatic ring is 1. The first-order valence-corrected chi connectivity index (χ1v) is 7.27. The van der Waals surface area contributed by atoms with Gasteiger partial charge in [-0.15, -0.1) is 0 Å². The first-order valence-electron chi connectivity index (χ1n) is 7.27. The summed E-state index contributed by atoms with van der Waals surface area (Å²) in [6.45, 7) is 1.86. The Morgan fingerprint density at radius 3 is 2.90 bits per heavy atom. The lowest BCUT2D eigenvalue weighted by Gasteiger charge is -2.11. The standard InChI is InChI=1S/C16H20N4/c1-11-18-15(20-16(17)19-11)8-4-6-13-10-9-12-5-2-3-7-14(12)13/h2-3,5,7,13H,4,6,8-10H2,1H3,(H2,17,18,19,20)/t13-/m1/s1. The van der Waals surface area contributed by atoms with Crippen LogP contribution in [0, 0.1) is 6.92 Å². The molecule has 2 aromatic rings. The first kappa shape index (κ1) is 13.0. The summed E-state index contributed by atoms with van der Waals surface area (Å²) in [5.74, 6) is 2.56. The van der Waals surface area contributed by atoms with Crippen LogP contribution in [0.1, 0.15) is 48.0 Å². The molecule has 3 rings (SSSR count). The Morgan fingerprint density at radius 2 is 2.05 bits per heavy atom. The zero-order chi connectivity index (χ0) is 13.9. The fraction of sp³-hybridized carbons (Fsp3) is 0.438. The molecule has 0 fully saturated rings. The molecular weight excluding hydrogens is 248 g/mol. The molecule has 0 spiro atoms. The molecule has 1 aromatic heterocycles. The molecule has 0 saturated carbocycles. The Hall–Kier alpha value is -1.97. The maximum atomic E-state index is 5.65. The van der Waals surface area contributed by atoms with Crippen LogP contribution in [0.2, 0.25) is 0 Å². The third-order valence-electron chi connectivity index (χ3n) is 4.02. The van der Waals surface area contributed by atoms with E-state index in [0.29, 0.717) is 17.7 Å². The maximum Gasteiger partial charge on any atom is 0.223 e. The third kappa shape index (κ3) is 2.79. The van der Waals surface area contributed by atoms with E-state index in [9.17, 15) is 0 Å². The summed E-state index contributed by atoms with van der Waals surface area (Å²) in [5, 5.41) is 0. The van der Waals surface area contributed by atoms with Crippen LogP contribution in [0.5, 0.6) is 0 Å². The van der Waals surface area contributed by atoms with Gasteiger partial charge in [0.2, 0.25) is 5.95 Å². The molecule has 4 heteroatoms. The molecule has 0 radical (unpaired) electrons. The molecule has 0 unspecified atom stereocenters. The Bertz CT molecular complexity index is 589. The minimum atomic E-state index is 0.332. The van der Waals surface area contributed by atoms with Crippen LogP contribution in [-0.2, 0) is 12.8 Å². The van der Waals surface area contributed by atoms with Gasteiger partial charge in [0.1, 0.15) is 11.6 Å².